The molecule has 7 nitrogen and oxygen atoms in total. The summed E-state index contributed by atoms with van der Waals surface area (Å²) in [7, 11) is -1.43. The Morgan fingerprint density at radius 2 is 2.24 bits per heavy atom. The van der Waals surface area contributed by atoms with Crippen molar-refractivity contribution in [3.05, 3.63) is 24.0 Å². The van der Waals surface area contributed by atoms with Crippen LogP contribution in [0.1, 0.15) is 18.2 Å². The Labute approximate surface area is 122 Å². The number of hydrogen-bond acceptors (Lipinski definition) is 7. The lowest BCUT2D eigenvalue weighted by Gasteiger charge is -2.04. The number of rotatable bonds is 3. The Kier molecular flexibility index (Phi) is 3.32. The molecule has 0 saturated carbocycles. The molecule has 1 saturated heterocycles. The highest BCUT2D eigenvalue weighted by Crippen LogP contribution is 2.32. The maximum Gasteiger partial charge on any atom is 0.260 e. The predicted molar refractivity (Wildman–Crippen MR) is 76.7 cm³/mol. The fourth-order valence-electron chi connectivity index (χ4n) is 2.36. The van der Waals surface area contributed by atoms with Crippen LogP contribution in [0.5, 0.6) is 5.75 Å². The maximum atomic E-state index is 11.5. The van der Waals surface area contributed by atoms with Crippen molar-refractivity contribution >= 4 is 15.5 Å². The second kappa shape index (κ2) is 5.03. The highest BCUT2D eigenvalue weighted by atomic mass is 32.2. The van der Waals surface area contributed by atoms with Crippen LogP contribution < -0.4 is 10.5 Å². The molecule has 2 N–H and O–H groups in total. The van der Waals surface area contributed by atoms with Crippen molar-refractivity contribution in [2.75, 3.05) is 24.3 Å². The number of methoxy groups -OCH3 is 1. The quantitative estimate of drug-likeness (QED) is 0.849. The first-order valence-corrected chi connectivity index (χ1v) is 8.28. The van der Waals surface area contributed by atoms with Crippen LogP contribution in [0.15, 0.2) is 22.7 Å². The largest absolute Gasteiger partial charge is 0.497 e. The smallest absolute Gasteiger partial charge is 0.260 e. The average Bonchev–Trinajstić information content (AvgIpc) is 3.06. The fraction of sp³-hybridized carbons (Fsp3) is 0.385. The van der Waals surface area contributed by atoms with Crippen molar-refractivity contribution in [1.82, 2.24) is 10.1 Å². The Hall–Kier alpha value is -2.09. The van der Waals surface area contributed by atoms with Crippen LogP contribution in [0.25, 0.3) is 11.5 Å². The molecular formula is C13H15N3O4S. The lowest BCUT2D eigenvalue weighted by molar-refractivity contribution is 0.411. The van der Waals surface area contributed by atoms with Crippen molar-refractivity contribution in [3.8, 4) is 17.2 Å². The van der Waals surface area contributed by atoms with Crippen molar-refractivity contribution in [2.45, 2.75) is 12.3 Å². The van der Waals surface area contributed by atoms with Gasteiger partial charge in [0.2, 0.25) is 0 Å². The molecule has 1 unspecified atom stereocenters. The Morgan fingerprint density at radius 1 is 1.43 bits per heavy atom. The third kappa shape index (κ3) is 2.71. The molecule has 0 radical (unpaired) electrons. The van der Waals surface area contributed by atoms with Gasteiger partial charge in [-0.1, -0.05) is 5.16 Å². The molecule has 0 bridgehead atoms. The van der Waals surface area contributed by atoms with Crippen molar-refractivity contribution in [1.29, 1.82) is 0 Å². The summed E-state index contributed by atoms with van der Waals surface area (Å²) in [6.45, 7) is 0. The minimum Gasteiger partial charge on any atom is -0.497 e. The standard InChI is InChI=1S/C13H15N3O4S/c1-19-9-2-3-11(14)10(6-9)13-15-12(16-20-13)8-4-5-21(17,18)7-8/h2-3,6,8H,4-5,7,14H2,1H3. The highest BCUT2D eigenvalue weighted by Gasteiger charge is 2.32. The summed E-state index contributed by atoms with van der Waals surface area (Å²) < 4.78 is 33.4. The SMILES string of the molecule is COc1ccc(N)c(-c2nc(C3CCS(=O)(=O)C3)no2)c1. The molecule has 3 rings (SSSR count). The van der Waals surface area contributed by atoms with E-state index in [1.807, 2.05) is 0 Å². The summed E-state index contributed by atoms with van der Waals surface area (Å²) in [4.78, 5) is 4.29. The third-order valence-corrected chi connectivity index (χ3v) is 5.30. The molecule has 1 aromatic carbocycles. The van der Waals surface area contributed by atoms with Crippen LogP contribution in [0.4, 0.5) is 5.69 Å². The zero-order valence-electron chi connectivity index (χ0n) is 11.4. The van der Waals surface area contributed by atoms with Crippen molar-refractivity contribution in [2.24, 2.45) is 0 Å². The monoisotopic (exact) mass is 309 g/mol. The van der Waals surface area contributed by atoms with E-state index in [2.05, 4.69) is 10.1 Å². The number of benzene rings is 1. The molecular weight excluding hydrogens is 294 g/mol. The summed E-state index contributed by atoms with van der Waals surface area (Å²) in [5, 5.41) is 3.89. The number of sulfone groups is 1. The van der Waals surface area contributed by atoms with Gasteiger partial charge in [0.05, 0.1) is 24.2 Å². The minimum atomic E-state index is -2.98. The average molecular weight is 309 g/mol. The Morgan fingerprint density at radius 3 is 2.90 bits per heavy atom. The van der Waals surface area contributed by atoms with Crippen LogP contribution >= 0.6 is 0 Å². The Bertz CT molecular complexity index is 769. The normalized spacial score (nSPS) is 20.5. The van der Waals surface area contributed by atoms with Crippen molar-refractivity contribution < 1.29 is 17.7 Å². The van der Waals surface area contributed by atoms with Crippen LogP contribution in [0.3, 0.4) is 0 Å². The van der Waals surface area contributed by atoms with Crippen LogP contribution in [0.2, 0.25) is 0 Å². The molecule has 1 aromatic heterocycles. The molecule has 1 aliphatic heterocycles. The summed E-state index contributed by atoms with van der Waals surface area (Å²) in [5.41, 5.74) is 6.97. The number of nitrogens with two attached hydrogens (primary N) is 1. The van der Waals surface area contributed by atoms with Crippen LogP contribution in [0, 0.1) is 0 Å². The lowest BCUT2D eigenvalue weighted by Crippen LogP contribution is -2.05. The topological polar surface area (TPSA) is 108 Å². The van der Waals surface area contributed by atoms with E-state index in [0.29, 0.717) is 29.2 Å². The van der Waals surface area contributed by atoms with Gasteiger partial charge in [0.1, 0.15) is 5.75 Å². The molecule has 0 amide bonds. The van der Waals surface area contributed by atoms with Gasteiger partial charge in [-0.05, 0) is 24.6 Å². The first-order valence-electron chi connectivity index (χ1n) is 6.46. The van der Waals surface area contributed by atoms with Gasteiger partial charge in [-0.15, -0.1) is 0 Å². The molecule has 1 aliphatic rings. The van der Waals surface area contributed by atoms with Gasteiger partial charge in [-0.25, -0.2) is 8.42 Å². The molecule has 2 heterocycles. The molecule has 0 spiro atoms. The van der Waals surface area contributed by atoms with Gasteiger partial charge in [0.15, 0.2) is 15.7 Å². The summed E-state index contributed by atoms with van der Waals surface area (Å²) >= 11 is 0. The van der Waals surface area contributed by atoms with E-state index < -0.39 is 9.84 Å². The summed E-state index contributed by atoms with van der Waals surface area (Å²) in [6.07, 6.45) is 0.523. The number of nitrogen functional groups attached to an aromatic ring is 1. The number of nitrogens with zero attached hydrogens (tertiary/aromatic N) is 2. The van der Waals surface area contributed by atoms with Crippen molar-refractivity contribution in [3.63, 3.8) is 0 Å². The maximum absolute atomic E-state index is 11.5. The molecule has 0 aliphatic carbocycles. The number of aromatic nitrogens is 2. The van der Waals surface area contributed by atoms with Crippen LogP contribution in [-0.4, -0.2) is 37.2 Å². The van der Waals surface area contributed by atoms with E-state index >= 15 is 0 Å². The molecule has 21 heavy (non-hydrogen) atoms. The van der Waals surface area contributed by atoms with E-state index in [9.17, 15) is 8.42 Å². The second-order valence-electron chi connectivity index (χ2n) is 5.01. The van der Waals surface area contributed by atoms with E-state index in [4.69, 9.17) is 15.0 Å². The van der Waals surface area contributed by atoms with Gasteiger partial charge in [0.25, 0.3) is 5.89 Å². The molecule has 1 fully saturated rings. The number of ether oxygens (including phenoxy) is 1. The summed E-state index contributed by atoms with van der Waals surface area (Å²) in [6, 6.07) is 5.13. The van der Waals surface area contributed by atoms with Gasteiger partial charge in [0, 0.05) is 11.6 Å². The molecule has 8 heteroatoms. The molecule has 1 atom stereocenters. The molecule has 112 valence electrons. The van der Waals surface area contributed by atoms with Gasteiger partial charge < -0.3 is 15.0 Å². The zero-order chi connectivity index (χ0) is 15.0. The first kappa shape index (κ1) is 13.9. The van der Waals surface area contributed by atoms with E-state index in [0.717, 1.165) is 0 Å². The van der Waals surface area contributed by atoms with Gasteiger partial charge in [-0.2, -0.15) is 4.98 Å². The Balaban J connectivity index is 1.92. The van der Waals surface area contributed by atoms with Crippen LogP contribution in [-0.2, 0) is 9.84 Å². The number of anilines is 1. The van der Waals surface area contributed by atoms with E-state index in [1.165, 1.54) is 0 Å². The van der Waals surface area contributed by atoms with Gasteiger partial charge >= 0.3 is 0 Å². The van der Waals surface area contributed by atoms with Gasteiger partial charge in [-0.3, -0.25) is 0 Å². The number of hydrogen-bond donors (Lipinski definition) is 1. The van der Waals surface area contributed by atoms with E-state index in [1.54, 1.807) is 25.3 Å². The first-order chi connectivity index (χ1) is 9.98. The fourth-order valence-corrected chi connectivity index (χ4v) is 4.10. The third-order valence-electron chi connectivity index (χ3n) is 3.53. The van der Waals surface area contributed by atoms with E-state index in [-0.39, 0.29) is 23.3 Å². The lowest BCUT2D eigenvalue weighted by atomic mass is 10.1. The second-order valence-corrected chi connectivity index (χ2v) is 7.24. The summed E-state index contributed by atoms with van der Waals surface area (Å²) in [5.74, 6) is 1.34. The highest BCUT2D eigenvalue weighted by molar-refractivity contribution is 7.91. The predicted octanol–water partition coefficient (Wildman–Crippen LogP) is 1.23. The molecule has 2 aromatic rings. The minimum absolute atomic E-state index is 0.0690. The zero-order valence-corrected chi connectivity index (χ0v) is 12.3.